The number of hydrogen-bond donors (Lipinski definition) is 0. The Morgan fingerprint density at radius 3 is 2.20 bits per heavy atom. The summed E-state index contributed by atoms with van der Waals surface area (Å²) in [7, 11) is -1.14. The third-order valence-electron chi connectivity index (χ3n) is 2.54. The minimum absolute atomic E-state index is 0.0209. The predicted molar refractivity (Wildman–Crippen MR) is 68.8 cm³/mol. The van der Waals surface area contributed by atoms with Crippen LogP contribution in [-0.2, 0) is 9.16 Å². The Morgan fingerprint density at radius 1 is 1.20 bits per heavy atom. The summed E-state index contributed by atoms with van der Waals surface area (Å²) in [6.45, 7) is 14.1. The topological polar surface area (TPSA) is 18.5 Å². The molecule has 2 unspecified atom stereocenters. The van der Waals surface area contributed by atoms with E-state index in [-0.39, 0.29) is 6.29 Å². The van der Waals surface area contributed by atoms with Gasteiger partial charge in [0.2, 0.25) is 0 Å². The first-order chi connectivity index (χ1) is 6.91. The molecule has 0 rings (SSSR count). The van der Waals surface area contributed by atoms with Gasteiger partial charge in [-0.1, -0.05) is 41.0 Å². The molecule has 0 N–H and O–H groups in total. The van der Waals surface area contributed by atoms with Gasteiger partial charge in [-0.25, -0.2) is 0 Å². The molecule has 0 aromatic heterocycles. The van der Waals surface area contributed by atoms with E-state index in [1.54, 1.807) is 0 Å². The fourth-order valence-electron chi connectivity index (χ4n) is 1.58. The Labute approximate surface area is 97.1 Å². The second-order valence-electron chi connectivity index (χ2n) is 5.19. The SMILES string of the molecule is CCCCOC(C)O[SiH](CC)C(C)(C)C. The maximum atomic E-state index is 6.03. The van der Waals surface area contributed by atoms with Crippen molar-refractivity contribution in [2.45, 2.75) is 71.8 Å². The zero-order valence-corrected chi connectivity index (χ0v) is 12.5. The average molecular weight is 232 g/mol. The Kier molecular flexibility index (Phi) is 7.48. The molecule has 0 heterocycles. The van der Waals surface area contributed by atoms with E-state index >= 15 is 0 Å². The molecule has 0 aliphatic heterocycles. The first-order valence-corrected chi connectivity index (χ1v) is 8.05. The highest BCUT2D eigenvalue weighted by molar-refractivity contribution is 6.55. The fraction of sp³-hybridized carbons (Fsp3) is 1.00. The van der Waals surface area contributed by atoms with Crippen molar-refractivity contribution in [2.75, 3.05) is 6.61 Å². The minimum atomic E-state index is -1.14. The highest BCUT2D eigenvalue weighted by Gasteiger charge is 2.27. The zero-order valence-electron chi connectivity index (χ0n) is 11.3. The lowest BCUT2D eigenvalue weighted by Gasteiger charge is -2.30. The number of rotatable bonds is 7. The van der Waals surface area contributed by atoms with Gasteiger partial charge in [-0.05, 0) is 24.4 Å². The van der Waals surface area contributed by atoms with Gasteiger partial charge in [0.25, 0.3) is 0 Å². The summed E-state index contributed by atoms with van der Waals surface area (Å²) in [6, 6.07) is 1.17. The molecule has 0 amide bonds. The van der Waals surface area contributed by atoms with Crippen LogP contribution in [0.3, 0.4) is 0 Å². The van der Waals surface area contributed by atoms with Crippen molar-refractivity contribution in [3.8, 4) is 0 Å². The first kappa shape index (κ1) is 15.1. The second kappa shape index (κ2) is 7.42. The van der Waals surface area contributed by atoms with E-state index in [1.807, 2.05) is 6.92 Å². The van der Waals surface area contributed by atoms with Gasteiger partial charge in [0, 0.05) is 6.61 Å². The van der Waals surface area contributed by atoms with Crippen LogP contribution in [0.15, 0.2) is 0 Å². The first-order valence-electron chi connectivity index (χ1n) is 6.18. The van der Waals surface area contributed by atoms with E-state index in [0.717, 1.165) is 13.0 Å². The van der Waals surface area contributed by atoms with Gasteiger partial charge >= 0.3 is 0 Å². The summed E-state index contributed by atoms with van der Waals surface area (Å²) in [6.07, 6.45) is 2.29. The van der Waals surface area contributed by atoms with Crippen molar-refractivity contribution in [2.24, 2.45) is 0 Å². The molecular formula is C12H28O2Si. The average Bonchev–Trinajstić information content (AvgIpc) is 2.12. The predicted octanol–water partition coefficient (Wildman–Crippen LogP) is 3.71. The van der Waals surface area contributed by atoms with Gasteiger partial charge in [0.15, 0.2) is 9.04 Å². The lowest BCUT2D eigenvalue weighted by molar-refractivity contribution is -0.0723. The molecule has 0 aromatic carbocycles. The van der Waals surface area contributed by atoms with Gasteiger partial charge in [-0.3, -0.25) is 0 Å². The third kappa shape index (κ3) is 7.09. The summed E-state index contributed by atoms with van der Waals surface area (Å²) < 4.78 is 11.6. The highest BCUT2D eigenvalue weighted by Crippen LogP contribution is 2.30. The van der Waals surface area contributed by atoms with Gasteiger partial charge in [0.05, 0.1) is 0 Å². The molecule has 2 nitrogen and oxygen atoms in total. The van der Waals surface area contributed by atoms with E-state index < -0.39 is 9.04 Å². The molecule has 0 saturated heterocycles. The fourth-order valence-corrected chi connectivity index (χ4v) is 3.94. The molecule has 0 fully saturated rings. The Balaban J connectivity index is 3.86. The number of ether oxygens (including phenoxy) is 1. The van der Waals surface area contributed by atoms with Crippen LogP contribution in [0, 0.1) is 0 Å². The van der Waals surface area contributed by atoms with Gasteiger partial charge in [-0.15, -0.1) is 0 Å². The van der Waals surface area contributed by atoms with Crippen molar-refractivity contribution in [1.82, 2.24) is 0 Å². The zero-order chi connectivity index (χ0) is 11.9. The van der Waals surface area contributed by atoms with Crippen LogP contribution in [0.1, 0.15) is 54.4 Å². The molecule has 0 spiro atoms. The number of hydrogen-bond acceptors (Lipinski definition) is 2. The highest BCUT2D eigenvalue weighted by atomic mass is 28.3. The van der Waals surface area contributed by atoms with Crippen molar-refractivity contribution >= 4 is 9.04 Å². The Bertz CT molecular complexity index is 154. The van der Waals surface area contributed by atoms with Crippen molar-refractivity contribution in [1.29, 1.82) is 0 Å². The van der Waals surface area contributed by atoms with E-state index in [2.05, 4.69) is 34.6 Å². The minimum Gasteiger partial charge on any atom is -0.395 e. The molecule has 0 aliphatic carbocycles. The molecule has 0 radical (unpaired) electrons. The van der Waals surface area contributed by atoms with E-state index in [0.29, 0.717) is 5.04 Å². The maximum absolute atomic E-state index is 6.03. The van der Waals surface area contributed by atoms with Crippen LogP contribution in [0.2, 0.25) is 11.1 Å². The Hall–Kier alpha value is 0.137. The van der Waals surface area contributed by atoms with Crippen LogP contribution in [-0.4, -0.2) is 21.9 Å². The van der Waals surface area contributed by atoms with Crippen LogP contribution < -0.4 is 0 Å². The molecule has 3 heteroatoms. The molecule has 92 valence electrons. The van der Waals surface area contributed by atoms with E-state index in [4.69, 9.17) is 9.16 Å². The lowest BCUT2D eigenvalue weighted by atomic mass is 10.2. The smallest absolute Gasteiger partial charge is 0.185 e. The van der Waals surface area contributed by atoms with Crippen molar-refractivity contribution < 1.29 is 9.16 Å². The Morgan fingerprint density at radius 2 is 1.80 bits per heavy atom. The summed E-state index contributed by atoms with van der Waals surface area (Å²) in [5, 5.41) is 0.330. The van der Waals surface area contributed by atoms with Crippen LogP contribution in [0.25, 0.3) is 0 Å². The van der Waals surface area contributed by atoms with Crippen LogP contribution in [0.4, 0.5) is 0 Å². The normalized spacial score (nSPS) is 16.4. The number of unbranched alkanes of at least 4 members (excludes halogenated alkanes) is 1. The van der Waals surface area contributed by atoms with Gasteiger partial charge < -0.3 is 9.16 Å². The molecule has 0 saturated carbocycles. The lowest BCUT2D eigenvalue weighted by Crippen LogP contribution is -2.33. The van der Waals surface area contributed by atoms with Crippen molar-refractivity contribution in [3.05, 3.63) is 0 Å². The summed E-state index contributed by atoms with van der Waals surface area (Å²) in [5.74, 6) is 0. The summed E-state index contributed by atoms with van der Waals surface area (Å²) >= 11 is 0. The third-order valence-corrected chi connectivity index (χ3v) is 5.93. The standard InChI is InChI=1S/C12H28O2Si/c1-7-9-10-13-11(3)14-15(8-2)12(4,5)6/h11,15H,7-10H2,1-6H3. The quantitative estimate of drug-likeness (QED) is 0.378. The molecular weight excluding hydrogens is 204 g/mol. The molecule has 0 bridgehead atoms. The van der Waals surface area contributed by atoms with E-state index in [1.165, 1.54) is 12.5 Å². The van der Waals surface area contributed by atoms with Crippen LogP contribution >= 0.6 is 0 Å². The largest absolute Gasteiger partial charge is 0.395 e. The molecule has 0 aliphatic rings. The van der Waals surface area contributed by atoms with Crippen LogP contribution in [0.5, 0.6) is 0 Å². The molecule has 15 heavy (non-hydrogen) atoms. The maximum Gasteiger partial charge on any atom is 0.185 e. The van der Waals surface area contributed by atoms with Crippen molar-refractivity contribution in [3.63, 3.8) is 0 Å². The molecule has 2 atom stereocenters. The van der Waals surface area contributed by atoms with Gasteiger partial charge in [-0.2, -0.15) is 0 Å². The summed E-state index contributed by atoms with van der Waals surface area (Å²) in [4.78, 5) is 0. The monoisotopic (exact) mass is 232 g/mol. The second-order valence-corrected chi connectivity index (χ2v) is 8.99. The summed E-state index contributed by atoms with van der Waals surface area (Å²) in [5.41, 5.74) is 0. The molecule has 0 aromatic rings. The van der Waals surface area contributed by atoms with E-state index in [9.17, 15) is 0 Å². The van der Waals surface area contributed by atoms with Gasteiger partial charge in [0.1, 0.15) is 6.29 Å².